The summed E-state index contributed by atoms with van der Waals surface area (Å²) < 4.78 is 5.21. The highest BCUT2D eigenvalue weighted by Crippen LogP contribution is 2.10. The van der Waals surface area contributed by atoms with E-state index >= 15 is 0 Å². The highest BCUT2D eigenvalue weighted by Gasteiger charge is 2.18. The van der Waals surface area contributed by atoms with Crippen molar-refractivity contribution in [2.45, 2.75) is 39.3 Å². The zero-order valence-corrected chi connectivity index (χ0v) is 15.2. The van der Waals surface area contributed by atoms with Crippen LogP contribution in [0.15, 0.2) is 47.6 Å². The zero-order chi connectivity index (χ0) is 19.2. The van der Waals surface area contributed by atoms with E-state index in [0.717, 1.165) is 11.1 Å². The van der Waals surface area contributed by atoms with Crippen LogP contribution in [0, 0.1) is 0 Å². The monoisotopic (exact) mass is 356 g/mol. The molecule has 4 N–H and O–H groups in total. The number of carbonyl (C=O) groups is 2. The Balaban J connectivity index is 2.19. The van der Waals surface area contributed by atoms with Crippen LogP contribution in [0.2, 0.25) is 0 Å². The minimum Gasteiger partial charge on any atom is -0.442 e. The number of aromatic amines is 1. The van der Waals surface area contributed by atoms with Gasteiger partial charge in [0, 0.05) is 19.2 Å². The molecule has 0 radical (unpaired) electrons. The van der Waals surface area contributed by atoms with Gasteiger partial charge >= 0.3 is 6.09 Å². The molecule has 0 aliphatic heterocycles. The number of aromatic nitrogens is 1. The predicted octanol–water partition coefficient (Wildman–Crippen LogP) is 2.78. The third-order valence-corrected chi connectivity index (χ3v) is 3.35. The summed E-state index contributed by atoms with van der Waals surface area (Å²) >= 11 is 0. The van der Waals surface area contributed by atoms with Crippen molar-refractivity contribution >= 4 is 17.8 Å². The van der Waals surface area contributed by atoms with Crippen molar-refractivity contribution in [2.75, 3.05) is 0 Å². The molecule has 0 fully saturated rings. The Morgan fingerprint density at radius 3 is 2.35 bits per heavy atom. The molecule has 138 valence electrons. The maximum Gasteiger partial charge on any atom is 0.435 e. The molecule has 0 saturated heterocycles. The lowest BCUT2D eigenvalue weighted by molar-refractivity contribution is 0.0603. The summed E-state index contributed by atoms with van der Waals surface area (Å²) in [5, 5.41) is 2.67. The van der Waals surface area contributed by atoms with Gasteiger partial charge in [0.15, 0.2) is 0 Å². The van der Waals surface area contributed by atoms with Crippen LogP contribution in [0.25, 0.3) is 0 Å². The van der Waals surface area contributed by atoms with Gasteiger partial charge in [-0.3, -0.25) is 4.79 Å². The molecule has 2 amide bonds. The summed E-state index contributed by atoms with van der Waals surface area (Å²) in [5.74, 6) is -0.171. The van der Waals surface area contributed by atoms with Crippen LogP contribution in [0.3, 0.4) is 0 Å². The molecule has 7 nitrogen and oxygen atoms in total. The fourth-order valence-corrected chi connectivity index (χ4v) is 2.16. The number of nitrogens with one attached hydrogen (secondary N) is 2. The van der Waals surface area contributed by atoms with E-state index < -0.39 is 11.7 Å². The Morgan fingerprint density at radius 2 is 1.81 bits per heavy atom. The first kappa shape index (κ1) is 19.4. The molecule has 7 heteroatoms. The molecule has 2 rings (SSSR count). The fraction of sp³-hybridized carbons (Fsp3) is 0.316. The van der Waals surface area contributed by atoms with E-state index in [1.807, 2.05) is 24.3 Å². The number of hydrogen-bond acceptors (Lipinski definition) is 4. The first-order valence-corrected chi connectivity index (χ1v) is 8.30. The lowest BCUT2D eigenvalue weighted by Gasteiger charge is -2.18. The van der Waals surface area contributed by atoms with Gasteiger partial charge in [0.2, 0.25) is 0 Å². The third kappa shape index (κ3) is 6.18. The van der Waals surface area contributed by atoms with Gasteiger partial charge in [0.25, 0.3) is 5.91 Å². The van der Waals surface area contributed by atoms with Gasteiger partial charge in [0.1, 0.15) is 17.1 Å². The number of rotatable bonds is 4. The third-order valence-electron chi connectivity index (χ3n) is 3.35. The van der Waals surface area contributed by atoms with Gasteiger partial charge in [-0.15, -0.1) is 0 Å². The molecule has 1 aromatic heterocycles. The Hall–Kier alpha value is -2.93. The summed E-state index contributed by atoms with van der Waals surface area (Å²) in [4.78, 5) is 31.1. The maximum atomic E-state index is 12.3. The Labute approximate surface area is 152 Å². The Kier molecular flexibility index (Phi) is 6.30. The SMILES string of the molecule is CC(C)(C)OC(=O)N=C(Cc1ccc(CN)cc1)NC(=O)c1ccc[nH]1. The molecule has 1 heterocycles. The quantitative estimate of drug-likeness (QED) is 0.578. The predicted molar refractivity (Wildman–Crippen MR) is 100.0 cm³/mol. The maximum absolute atomic E-state index is 12.3. The second kappa shape index (κ2) is 8.44. The first-order valence-electron chi connectivity index (χ1n) is 8.30. The lowest BCUT2D eigenvalue weighted by Crippen LogP contribution is -2.34. The summed E-state index contributed by atoms with van der Waals surface area (Å²) in [5.41, 5.74) is 7.19. The molecule has 0 aliphatic carbocycles. The molecule has 0 atom stereocenters. The highest BCUT2D eigenvalue weighted by atomic mass is 16.6. The van der Waals surface area contributed by atoms with Crippen molar-refractivity contribution in [1.29, 1.82) is 0 Å². The van der Waals surface area contributed by atoms with Crippen molar-refractivity contribution in [1.82, 2.24) is 10.3 Å². The van der Waals surface area contributed by atoms with Crippen LogP contribution in [-0.4, -0.2) is 28.4 Å². The minimum absolute atomic E-state index is 0.208. The molecule has 0 bridgehead atoms. The van der Waals surface area contributed by atoms with Gasteiger partial charge in [-0.1, -0.05) is 24.3 Å². The summed E-state index contributed by atoms with van der Waals surface area (Å²) in [6, 6.07) is 10.9. The van der Waals surface area contributed by atoms with Crippen LogP contribution < -0.4 is 11.1 Å². The molecule has 0 spiro atoms. The van der Waals surface area contributed by atoms with E-state index in [4.69, 9.17) is 10.5 Å². The number of nitrogens with zero attached hydrogens (tertiary/aromatic N) is 1. The van der Waals surface area contributed by atoms with E-state index in [2.05, 4.69) is 15.3 Å². The van der Waals surface area contributed by atoms with Gasteiger partial charge in [0.05, 0.1) is 0 Å². The number of carbonyl (C=O) groups excluding carboxylic acids is 2. The van der Waals surface area contributed by atoms with Crippen LogP contribution in [-0.2, 0) is 17.7 Å². The van der Waals surface area contributed by atoms with Crippen molar-refractivity contribution in [2.24, 2.45) is 10.7 Å². The summed E-state index contributed by atoms with van der Waals surface area (Å²) in [6.07, 6.45) is 1.17. The van der Waals surface area contributed by atoms with E-state index in [1.54, 1.807) is 39.1 Å². The Bertz CT molecular complexity index is 772. The summed E-state index contributed by atoms with van der Waals surface area (Å²) in [7, 11) is 0. The number of nitrogens with two attached hydrogens (primary N) is 1. The lowest BCUT2D eigenvalue weighted by atomic mass is 10.1. The second-order valence-electron chi connectivity index (χ2n) is 6.77. The fourth-order valence-electron chi connectivity index (χ4n) is 2.16. The number of amidine groups is 1. The van der Waals surface area contributed by atoms with Crippen molar-refractivity contribution in [3.05, 3.63) is 59.4 Å². The molecular formula is C19H24N4O3. The van der Waals surface area contributed by atoms with Crippen LogP contribution in [0.5, 0.6) is 0 Å². The average Bonchev–Trinajstić information content (AvgIpc) is 3.08. The van der Waals surface area contributed by atoms with E-state index in [0.29, 0.717) is 12.2 Å². The van der Waals surface area contributed by atoms with E-state index in [1.165, 1.54) is 0 Å². The van der Waals surface area contributed by atoms with Crippen LogP contribution in [0.4, 0.5) is 4.79 Å². The van der Waals surface area contributed by atoms with Crippen molar-refractivity contribution < 1.29 is 14.3 Å². The number of ether oxygens (including phenoxy) is 1. The molecular weight excluding hydrogens is 332 g/mol. The summed E-state index contributed by atoms with van der Waals surface area (Å²) in [6.45, 7) is 5.71. The van der Waals surface area contributed by atoms with Crippen LogP contribution >= 0.6 is 0 Å². The molecule has 2 aromatic rings. The van der Waals surface area contributed by atoms with Crippen molar-refractivity contribution in [3.8, 4) is 0 Å². The van der Waals surface area contributed by atoms with E-state index in [9.17, 15) is 9.59 Å². The molecule has 1 aromatic carbocycles. The van der Waals surface area contributed by atoms with Gasteiger partial charge in [-0.25, -0.2) is 4.79 Å². The highest BCUT2D eigenvalue weighted by molar-refractivity contribution is 6.08. The largest absolute Gasteiger partial charge is 0.442 e. The average molecular weight is 356 g/mol. The zero-order valence-electron chi connectivity index (χ0n) is 15.2. The molecule has 0 unspecified atom stereocenters. The standard InChI is InChI=1S/C19H24N4O3/c1-19(2,3)26-18(25)23-16(22-17(24)15-5-4-10-21-15)11-13-6-8-14(12-20)9-7-13/h4-10,21H,11-12,20H2,1-3H3,(H,22,23,24,25). The normalized spacial score (nSPS) is 11.9. The molecule has 26 heavy (non-hydrogen) atoms. The van der Waals surface area contributed by atoms with Gasteiger partial charge in [-0.05, 0) is 44.0 Å². The topological polar surface area (TPSA) is 110 Å². The van der Waals surface area contributed by atoms with Crippen LogP contribution in [0.1, 0.15) is 42.4 Å². The number of aliphatic imine (C=N–C) groups is 1. The van der Waals surface area contributed by atoms with E-state index in [-0.39, 0.29) is 18.2 Å². The number of H-pyrrole nitrogens is 1. The first-order chi connectivity index (χ1) is 12.3. The van der Waals surface area contributed by atoms with Crippen molar-refractivity contribution in [3.63, 3.8) is 0 Å². The minimum atomic E-state index is -0.752. The smallest absolute Gasteiger partial charge is 0.435 e. The number of benzene rings is 1. The molecule has 0 saturated carbocycles. The van der Waals surface area contributed by atoms with Gasteiger partial charge < -0.3 is 20.8 Å². The second-order valence-corrected chi connectivity index (χ2v) is 6.77. The molecule has 0 aliphatic rings. The van der Waals surface area contributed by atoms with Gasteiger partial charge in [-0.2, -0.15) is 4.99 Å². The number of hydrogen-bond donors (Lipinski definition) is 3. The Morgan fingerprint density at radius 1 is 1.15 bits per heavy atom. The number of amides is 2.